The van der Waals surface area contributed by atoms with Crippen molar-refractivity contribution in [3.05, 3.63) is 59.7 Å². The number of rotatable bonds is 8. The standard InChI is InChI=1S/C22H29N3O4S/c1-24(2)20-9-5-18(6-10-20)4-3-13-23-22(26)19-7-11-21(12-8-19)30(27,28)25-14-16-29-17-15-25/h5-12H,3-4,13-17H2,1-2H3,(H,23,26). The fourth-order valence-corrected chi connectivity index (χ4v) is 4.68. The maximum atomic E-state index is 12.6. The van der Waals surface area contributed by atoms with Gasteiger partial charge >= 0.3 is 0 Å². The molecule has 1 fully saturated rings. The van der Waals surface area contributed by atoms with E-state index in [1.807, 2.05) is 14.1 Å². The molecule has 0 unspecified atom stereocenters. The quantitative estimate of drug-likeness (QED) is 0.648. The van der Waals surface area contributed by atoms with Crippen LogP contribution in [0.15, 0.2) is 53.4 Å². The molecule has 1 N–H and O–H groups in total. The predicted octanol–water partition coefficient (Wildman–Crippen LogP) is 2.14. The van der Waals surface area contributed by atoms with Crippen LogP contribution in [0.25, 0.3) is 0 Å². The first-order valence-corrected chi connectivity index (χ1v) is 11.5. The second kappa shape index (κ2) is 10.1. The second-order valence-electron chi connectivity index (χ2n) is 7.46. The van der Waals surface area contributed by atoms with Gasteiger partial charge in [0.05, 0.1) is 18.1 Å². The lowest BCUT2D eigenvalue weighted by Gasteiger charge is -2.26. The highest BCUT2D eigenvalue weighted by Crippen LogP contribution is 2.18. The number of hydrogen-bond donors (Lipinski definition) is 1. The number of nitrogens with one attached hydrogen (secondary N) is 1. The average Bonchev–Trinajstić information content (AvgIpc) is 2.77. The number of sulfonamides is 1. The normalized spacial score (nSPS) is 15.0. The van der Waals surface area contributed by atoms with Crippen molar-refractivity contribution >= 4 is 21.6 Å². The van der Waals surface area contributed by atoms with E-state index in [1.165, 1.54) is 22.0 Å². The van der Waals surface area contributed by atoms with Crippen molar-refractivity contribution in [3.8, 4) is 0 Å². The third kappa shape index (κ3) is 5.59. The number of morpholine rings is 1. The summed E-state index contributed by atoms with van der Waals surface area (Å²) in [6.45, 7) is 2.06. The summed E-state index contributed by atoms with van der Waals surface area (Å²) in [5.74, 6) is -0.201. The monoisotopic (exact) mass is 431 g/mol. The summed E-state index contributed by atoms with van der Waals surface area (Å²) in [6.07, 6.45) is 1.71. The van der Waals surface area contributed by atoms with Crippen molar-refractivity contribution in [2.45, 2.75) is 17.7 Å². The fourth-order valence-electron chi connectivity index (χ4n) is 3.27. The number of amides is 1. The van der Waals surface area contributed by atoms with Crippen molar-refractivity contribution in [1.29, 1.82) is 0 Å². The first kappa shape index (κ1) is 22.3. The Morgan fingerprint density at radius 1 is 1.03 bits per heavy atom. The Labute approximate surface area is 178 Å². The van der Waals surface area contributed by atoms with E-state index < -0.39 is 10.0 Å². The molecule has 0 spiro atoms. The highest BCUT2D eigenvalue weighted by atomic mass is 32.2. The van der Waals surface area contributed by atoms with Crippen molar-refractivity contribution in [2.24, 2.45) is 0 Å². The molecular formula is C22H29N3O4S. The van der Waals surface area contributed by atoms with Crippen LogP contribution < -0.4 is 10.2 Å². The van der Waals surface area contributed by atoms with Gasteiger partial charge in [0.25, 0.3) is 5.91 Å². The van der Waals surface area contributed by atoms with Crippen LogP contribution >= 0.6 is 0 Å². The number of carbonyl (C=O) groups is 1. The molecule has 1 saturated heterocycles. The van der Waals surface area contributed by atoms with E-state index in [1.54, 1.807) is 12.1 Å². The fraction of sp³-hybridized carbons (Fsp3) is 0.409. The summed E-state index contributed by atoms with van der Waals surface area (Å²) >= 11 is 0. The topological polar surface area (TPSA) is 79.0 Å². The Morgan fingerprint density at radius 2 is 1.67 bits per heavy atom. The molecule has 7 nitrogen and oxygen atoms in total. The van der Waals surface area contributed by atoms with Gasteiger partial charge in [-0.05, 0) is 54.8 Å². The minimum absolute atomic E-state index is 0.196. The number of nitrogens with zero attached hydrogens (tertiary/aromatic N) is 2. The van der Waals surface area contributed by atoms with Gasteiger partial charge in [0.1, 0.15) is 0 Å². The molecule has 30 heavy (non-hydrogen) atoms. The highest BCUT2D eigenvalue weighted by Gasteiger charge is 2.26. The van der Waals surface area contributed by atoms with Crippen LogP contribution in [-0.2, 0) is 21.2 Å². The molecule has 0 radical (unpaired) electrons. The van der Waals surface area contributed by atoms with Crippen molar-refractivity contribution < 1.29 is 17.9 Å². The van der Waals surface area contributed by atoms with Gasteiger partial charge in [-0.2, -0.15) is 4.31 Å². The van der Waals surface area contributed by atoms with Gasteiger partial charge in [0.15, 0.2) is 0 Å². The first-order chi connectivity index (χ1) is 14.4. The summed E-state index contributed by atoms with van der Waals surface area (Å²) in [4.78, 5) is 14.6. The number of benzene rings is 2. The molecule has 162 valence electrons. The van der Waals surface area contributed by atoms with E-state index >= 15 is 0 Å². The van der Waals surface area contributed by atoms with E-state index in [0.29, 0.717) is 38.4 Å². The summed E-state index contributed by atoms with van der Waals surface area (Å²) in [6, 6.07) is 14.5. The van der Waals surface area contributed by atoms with Crippen LogP contribution in [0.4, 0.5) is 5.69 Å². The Hall–Kier alpha value is -2.42. The molecule has 3 rings (SSSR count). The number of ether oxygens (including phenoxy) is 1. The Bertz CT molecular complexity index is 935. The maximum Gasteiger partial charge on any atom is 0.251 e. The van der Waals surface area contributed by atoms with Crippen LogP contribution in [0.1, 0.15) is 22.3 Å². The highest BCUT2D eigenvalue weighted by molar-refractivity contribution is 7.89. The molecule has 1 aliphatic rings. The number of carbonyl (C=O) groups excluding carboxylic acids is 1. The number of anilines is 1. The lowest BCUT2D eigenvalue weighted by Crippen LogP contribution is -2.40. The molecule has 0 aromatic heterocycles. The molecular weight excluding hydrogens is 402 g/mol. The summed E-state index contributed by atoms with van der Waals surface area (Å²) in [5.41, 5.74) is 2.84. The molecule has 2 aromatic carbocycles. The van der Waals surface area contributed by atoms with Crippen LogP contribution in [0.2, 0.25) is 0 Å². The van der Waals surface area contributed by atoms with Gasteiger partial charge in [-0.3, -0.25) is 4.79 Å². The molecule has 1 aliphatic heterocycles. The average molecular weight is 432 g/mol. The minimum Gasteiger partial charge on any atom is -0.379 e. The van der Waals surface area contributed by atoms with Gasteiger partial charge in [-0.1, -0.05) is 12.1 Å². The molecule has 0 saturated carbocycles. The lowest BCUT2D eigenvalue weighted by molar-refractivity contribution is 0.0730. The molecule has 1 heterocycles. The Kier molecular flexibility index (Phi) is 7.47. The molecule has 0 aliphatic carbocycles. The van der Waals surface area contributed by atoms with E-state index in [9.17, 15) is 13.2 Å². The minimum atomic E-state index is -3.55. The van der Waals surface area contributed by atoms with E-state index in [4.69, 9.17) is 4.74 Å². The first-order valence-electron chi connectivity index (χ1n) is 10.1. The molecule has 2 aromatic rings. The zero-order valence-corrected chi connectivity index (χ0v) is 18.3. The van der Waals surface area contributed by atoms with Gasteiger partial charge in [0, 0.05) is 45.0 Å². The van der Waals surface area contributed by atoms with Crippen LogP contribution in [0.5, 0.6) is 0 Å². The van der Waals surface area contributed by atoms with Crippen molar-refractivity contribution in [1.82, 2.24) is 9.62 Å². The van der Waals surface area contributed by atoms with E-state index in [-0.39, 0.29) is 10.8 Å². The van der Waals surface area contributed by atoms with Gasteiger partial charge < -0.3 is 15.0 Å². The predicted molar refractivity (Wildman–Crippen MR) is 117 cm³/mol. The van der Waals surface area contributed by atoms with Gasteiger partial charge in [-0.15, -0.1) is 0 Å². The van der Waals surface area contributed by atoms with Crippen LogP contribution in [0, 0.1) is 0 Å². The van der Waals surface area contributed by atoms with Crippen molar-refractivity contribution in [3.63, 3.8) is 0 Å². The molecule has 1 amide bonds. The van der Waals surface area contributed by atoms with E-state index in [2.05, 4.69) is 34.5 Å². The number of hydrogen-bond acceptors (Lipinski definition) is 5. The molecule has 8 heteroatoms. The molecule has 0 atom stereocenters. The van der Waals surface area contributed by atoms with Crippen LogP contribution in [0.3, 0.4) is 0 Å². The largest absolute Gasteiger partial charge is 0.379 e. The summed E-state index contributed by atoms with van der Waals surface area (Å²) < 4.78 is 31.9. The van der Waals surface area contributed by atoms with Crippen molar-refractivity contribution in [2.75, 3.05) is 51.8 Å². The third-order valence-corrected chi connectivity index (χ3v) is 7.02. The van der Waals surface area contributed by atoms with Gasteiger partial charge in [0.2, 0.25) is 10.0 Å². The lowest BCUT2D eigenvalue weighted by atomic mass is 10.1. The second-order valence-corrected chi connectivity index (χ2v) is 9.40. The zero-order valence-electron chi connectivity index (χ0n) is 17.5. The zero-order chi connectivity index (χ0) is 21.6. The Morgan fingerprint density at radius 3 is 2.27 bits per heavy atom. The summed E-state index contributed by atoms with van der Waals surface area (Å²) in [5, 5.41) is 2.90. The third-order valence-electron chi connectivity index (χ3n) is 5.10. The van der Waals surface area contributed by atoms with Crippen LogP contribution in [-0.4, -0.2) is 65.6 Å². The van der Waals surface area contributed by atoms with E-state index in [0.717, 1.165) is 18.5 Å². The number of aryl methyl sites for hydroxylation is 1. The Balaban J connectivity index is 1.48. The van der Waals surface area contributed by atoms with Gasteiger partial charge in [-0.25, -0.2) is 8.42 Å². The summed E-state index contributed by atoms with van der Waals surface area (Å²) in [7, 11) is 0.472. The smallest absolute Gasteiger partial charge is 0.251 e. The molecule has 0 bridgehead atoms. The SMILES string of the molecule is CN(C)c1ccc(CCCNC(=O)c2ccc(S(=O)(=O)N3CCOCC3)cc2)cc1. The maximum absolute atomic E-state index is 12.6.